The van der Waals surface area contributed by atoms with E-state index in [-0.39, 0.29) is 0 Å². The highest BCUT2D eigenvalue weighted by atomic mass is 16.5. The van der Waals surface area contributed by atoms with Crippen LogP contribution in [-0.4, -0.2) is 20.8 Å². The molecule has 0 spiro atoms. The molecule has 0 aromatic heterocycles. The SMILES string of the molecule is C=C(CN)c1ccc(OC)c(OC)c1. The van der Waals surface area contributed by atoms with Gasteiger partial charge in [0.25, 0.3) is 0 Å². The summed E-state index contributed by atoms with van der Waals surface area (Å²) >= 11 is 0. The van der Waals surface area contributed by atoms with E-state index in [0.717, 1.165) is 11.1 Å². The fraction of sp³-hybridized carbons (Fsp3) is 0.273. The van der Waals surface area contributed by atoms with Crippen LogP contribution in [0.1, 0.15) is 5.56 Å². The van der Waals surface area contributed by atoms with Crippen molar-refractivity contribution in [3.8, 4) is 11.5 Å². The third-order valence-corrected chi connectivity index (χ3v) is 2.04. The van der Waals surface area contributed by atoms with E-state index < -0.39 is 0 Å². The Morgan fingerprint density at radius 3 is 2.43 bits per heavy atom. The predicted molar refractivity (Wildman–Crippen MR) is 57.6 cm³/mol. The summed E-state index contributed by atoms with van der Waals surface area (Å²) in [7, 11) is 3.21. The molecule has 0 atom stereocenters. The zero-order chi connectivity index (χ0) is 10.6. The number of nitrogens with two attached hydrogens (primary N) is 1. The number of methoxy groups -OCH3 is 2. The molecule has 0 aliphatic heterocycles. The topological polar surface area (TPSA) is 44.5 Å². The molecule has 3 heteroatoms. The lowest BCUT2D eigenvalue weighted by molar-refractivity contribution is 0.355. The van der Waals surface area contributed by atoms with Crippen molar-refractivity contribution < 1.29 is 9.47 Å². The summed E-state index contributed by atoms with van der Waals surface area (Å²) in [5, 5.41) is 0. The summed E-state index contributed by atoms with van der Waals surface area (Å²) < 4.78 is 10.3. The first kappa shape index (κ1) is 10.6. The molecule has 0 aliphatic carbocycles. The summed E-state index contributed by atoms with van der Waals surface area (Å²) in [6.07, 6.45) is 0. The van der Waals surface area contributed by atoms with E-state index in [1.807, 2.05) is 18.2 Å². The number of rotatable bonds is 4. The first-order valence-corrected chi connectivity index (χ1v) is 4.33. The van der Waals surface area contributed by atoms with E-state index in [4.69, 9.17) is 15.2 Å². The normalized spacial score (nSPS) is 9.64. The van der Waals surface area contributed by atoms with Crippen LogP contribution in [-0.2, 0) is 0 Å². The van der Waals surface area contributed by atoms with Gasteiger partial charge in [-0.05, 0) is 23.3 Å². The van der Waals surface area contributed by atoms with Crippen LogP contribution in [0, 0.1) is 0 Å². The average Bonchev–Trinajstić information content (AvgIpc) is 2.26. The maximum atomic E-state index is 5.49. The highest BCUT2D eigenvalue weighted by Gasteiger charge is 2.05. The monoisotopic (exact) mass is 193 g/mol. The molecule has 0 saturated carbocycles. The quantitative estimate of drug-likeness (QED) is 0.791. The summed E-state index contributed by atoms with van der Waals surface area (Å²) in [6, 6.07) is 5.62. The standard InChI is InChI=1S/C11H15NO2/c1-8(7-12)9-4-5-10(13-2)11(6-9)14-3/h4-6H,1,7,12H2,2-3H3. The van der Waals surface area contributed by atoms with Gasteiger partial charge in [-0.2, -0.15) is 0 Å². The van der Waals surface area contributed by atoms with Gasteiger partial charge in [0.05, 0.1) is 14.2 Å². The largest absolute Gasteiger partial charge is 0.493 e. The van der Waals surface area contributed by atoms with Crippen LogP contribution in [0.5, 0.6) is 11.5 Å². The van der Waals surface area contributed by atoms with E-state index in [0.29, 0.717) is 18.0 Å². The van der Waals surface area contributed by atoms with E-state index in [1.165, 1.54) is 0 Å². The van der Waals surface area contributed by atoms with Gasteiger partial charge >= 0.3 is 0 Å². The van der Waals surface area contributed by atoms with Gasteiger partial charge in [-0.25, -0.2) is 0 Å². The lowest BCUT2D eigenvalue weighted by Crippen LogP contribution is -2.01. The molecule has 0 heterocycles. The Balaban J connectivity index is 3.07. The third kappa shape index (κ3) is 2.06. The minimum Gasteiger partial charge on any atom is -0.493 e. The first-order valence-electron chi connectivity index (χ1n) is 4.33. The summed E-state index contributed by atoms with van der Waals surface area (Å²) in [6.45, 7) is 4.29. The maximum absolute atomic E-state index is 5.49. The maximum Gasteiger partial charge on any atom is 0.161 e. The second kappa shape index (κ2) is 4.67. The molecule has 0 unspecified atom stereocenters. The zero-order valence-electron chi connectivity index (χ0n) is 8.54. The fourth-order valence-electron chi connectivity index (χ4n) is 1.17. The van der Waals surface area contributed by atoms with E-state index in [2.05, 4.69) is 6.58 Å². The van der Waals surface area contributed by atoms with Crippen molar-refractivity contribution in [3.05, 3.63) is 30.3 Å². The van der Waals surface area contributed by atoms with Crippen molar-refractivity contribution in [2.24, 2.45) is 5.73 Å². The van der Waals surface area contributed by atoms with Crippen LogP contribution in [0.25, 0.3) is 5.57 Å². The van der Waals surface area contributed by atoms with Crippen LogP contribution in [0.2, 0.25) is 0 Å². The molecular formula is C11H15NO2. The third-order valence-electron chi connectivity index (χ3n) is 2.04. The molecule has 3 nitrogen and oxygen atoms in total. The highest BCUT2D eigenvalue weighted by molar-refractivity contribution is 5.67. The first-order chi connectivity index (χ1) is 6.72. The van der Waals surface area contributed by atoms with E-state index >= 15 is 0 Å². The van der Waals surface area contributed by atoms with Crippen molar-refractivity contribution in [1.29, 1.82) is 0 Å². The Morgan fingerprint density at radius 2 is 1.93 bits per heavy atom. The van der Waals surface area contributed by atoms with Gasteiger partial charge in [-0.3, -0.25) is 0 Å². The second-order valence-electron chi connectivity index (χ2n) is 2.88. The molecule has 0 amide bonds. The molecular weight excluding hydrogens is 178 g/mol. The van der Waals surface area contributed by atoms with Crippen LogP contribution in [0.15, 0.2) is 24.8 Å². The Labute approximate surface area is 84.1 Å². The fourth-order valence-corrected chi connectivity index (χ4v) is 1.17. The van der Waals surface area contributed by atoms with Crippen LogP contribution < -0.4 is 15.2 Å². The molecule has 1 aromatic carbocycles. The Kier molecular flexibility index (Phi) is 3.54. The summed E-state index contributed by atoms with van der Waals surface area (Å²) in [5.74, 6) is 1.40. The molecule has 0 bridgehead atoms. The van der Waals surface area contributed by atoms with Gasteiger partial charge < -0.3 is 15.2 Å². The van der Waals surface area contributed by atoms with E-state index in [9.17, 15) is 0 Å². The van der Waals surface area contributed by atoms with Crippen molar-refractivity contribution in [3.63, 3.8) is 0 Å². The minimum atomic E-state index is 0.440. The van der Waals surface area contributed by atoms with Gasteiger partial charge in [0.2, 0.25) is 0 Å². The second-order valence-corrected chi connectivity index (χ2v) is 2.88. The van der Waals surface area contributed by atoms with Gasteiger partial charge in [0.15, 0.2) is 11.5 Å². The van der Waals surface area contributed by atoms with Crippen LogP contribution >= 0.6 is 0 Å². The van der Waals surface area contributed by atoms with Crippen molar-refractivity contribution in [2.45, 2.75) is 0 Å². The van der Waals surface area contributed by atoms with Gasteiger partial charge in [0, 0.05) is 6.54 Å². The number of hydrogen-bond donors (Lipinski definition) is 1. The van der Waals surface area contributed by atoms with Crippen molar-refractivity contribution >= 4 is 5.57 Å². The van der Waals surface area contributed by atoms with Crippen molar-refractivity contribution in [2.75, 3.05) is 20.8 Å². The molecule has 76 valence electrons. The van der Waals surface area contributed by atoms with Gasteiger partial charge in [-0.1, -0.05) is 12.6 Å². The van der Waals surface area contributed by atoms with Crippen LogP contribution in [0.4, 0.5) is 0 Å². The lowest BCUT2D eigenvalue weighted by Gasteiger charge is -2.10. The van der Waals surface area contributed by atoms with E-state index in [1.54, 1.807) is 14.2 Å². The Morgan fingerprint density at radius 1 is 1.29 bits per heavy atom. The molecule has 0 aliphatic rings. The predicted octanol–water partition coefficient (Wildman–Crippen LogP) is 1.68. The highest BCUT2D eigenvalue weighted by Crippen LogP contribution is 2.29. The number of ether oxygens (including phenoxy) is 2. The molecule has 0 fully saturated rings. The lowest BCUT2D eigenvalue weighted by atomic mass is 10.1. The smallest absolute Gasteiger partial charge is 0.161 e. The molecule has 0 radical (unpaired) electrons. The number of benzene rings is 1. The van der Waals surface area contributed by atoms with Crippen LogP contribution in [0.3, 0.4) is 0 Å². The van der Waals surface area contributed by atoms with Gasteiger partial charge in [0.1, 0.15) is 0 Å². The summed E-state index contributed by atoms with van der Waals surface area (Å²) in [4.78, 5) is 0. The number of hydrogen-bond acceptors (Lipinski definition) is 3. The molecule has 1 aromatic rings. The summed E-state index contributed by atoms with van der Waals surface area (Å²) in [5.41, 5.74) is 7.35. The minimum absolute atomic E-state index is 0.440. The molecule has 2 N–H and O–H groups in total. The Bertz CT molecular complexity index is 334. The molecule has 1 rings (SSSR count). The van der Waals surface area contributed by atoms with Gasteiger partial charge in [-0.15, -0.1) is 0 Å². The van der Waals surface area contributed by atoms with Crippen molar-refractivity contribution in [1.82, 2.24) is 0 Å². The molecule has 14 heavy (non-hydrogen) atoms. The average molecular weight is 193 g/mol. The zero-order valence-corrected chi connectivity index (χ0v) is 8.54. The Hall–Kier alpha value is -1.48. The molecule has 0 saturated heterocycles.